The first-order valence-corrected chi connectivity index (χ1v) is 12.6. The van der Waals surface area contributed by atoms with Crippen LogP contribution in [-0.2, 0) is 34.3 Å². The highest BCUT2D eigenvalue weighted by molar-refractivity contribution is 7.89. The van der Waals surface area contributed by atoms with Crippen molar-refractivity contribution in [3.63, 3.8) is 0 Å². The number of amides is 1. The molecule has 0 saturated heterocycles. The van der Waals surface area contributed by atoms with Crippen molar-refractivity contribution in [2.75, 3.05) is 6.54 Å². The van der Waals surface area contributed by atoms with E-state index in [4.69, 9.17) is 0 Å². The molecule has 0 atom stereocenters. The van der Waals surface area contributed by atoms with Crippen LogP contribution in [0.2, 0.25) is 0 Å². The summed E-state index contributed by atoms with van der Waals surface area (Å²) in [6.07, 6.45) is 4.70. The summed E-state index contributed by atoms with van der Waals surface area (Å²) in [7, 11) is -3.62. The maximum atomic E-state index is 13.8. The number of aromatic nitrogens is 1. The van der Waals surface area contributed by atoms with Crippen LogP contribution >= 0.6 is 11.3 Å². The number of carbonyl (C=O) groups is 1. The molecule has 0 bridgehead atoms. The van der Waals surface area contributed by atoms with Crippen molar-refractivity contribution in [1.82, 2.24) is 14.6 Å². The van der Waals surface area contributed by atoms with Crippen molar-refractivity contribution in [3.8, 4) is 0 Å². The molecule has 1 amide bonds. The van der Waals surface area contributed by atoms with E-state index < -0.39 is 21.7 Å². The maximum absolute atomic E-state index is 13.8. The van der Waals surface area contributed by atoms with Gasteiger partial charge in [-0.15, -0.1) is 0 Å². The molecule has 0 saturated carbocycles. The van der Waals surface area contributed by atoms with Crippen LogP contribution in [0.15, 0.2) is 52.2 Å². The Morgan fingerprint density at radius 3 is 2.88 bits per heavy atom. The van der Waals surface area contributed by atoms with Gasteiger partial charge in [0.05, 0.1) is 4.90 Å². The SMILES string of the molecule is Cc1ncc2c(c1CNS(=O)(=O)c1ccsc1)CCN(C(=O)/C=C/c1cccc(F)c1F)C2. The number of thiophene rings is 1. The predicted octanol–water partition coefficient (Wildman–Crippen LogP) is 3.81. The van der Waals surface area contributed by atoms with Gasteiger partial charge in [-0.05, 0) is 53.6 Å². The van der Waals surface area contributed by atoms with E-state index >= 15 is 0 Å². The molecule has 0 radical (unpaired) electrons. The summed E-state index contributed by atoms with van der Waals surface area (Å²) < 4.78 is 54.8. The molecule has 10 heteroatoms. The van der Waals surface area contributed by atoms with E-state index in [1.165, 1.54) is 35.6 Å². The highest BCUT2D eigenvalue weighted by Gasteiger charge is 2.24. The molecular weight excluding hydrogens is 468 g/mol. The Morgan fingerprint density at radius 1 is 1.30 bits per heavy atom. The Hall–Kier alpha value is -2.95. The van der Waals surface area contributed by atoms with Gasteiger partial charge in [-0.2, -0.15) is 11.3 Å². The molecule has 3 heterocycles. The van der Waals surface area contributed by atoms with Crippen LogP contribution in [0.1, 0.15) is 27.9 Å². The zero-order valence-electron chi connectivity index (χ0n) is 17.7. The monoisotopic (exact) mass is 489 g/mol. The topological polar surface area (TPSA) is 79.4 Å². The van der Waals surface area contributed by atoms with E-state index in [0.717, 1.165) is 28.5 Å². The fourth-order valence-corrected chi connectivity index (χ4v) is 5.74. The van der Waals surface area contributed by atoms with Crippen LogP contribution in [0, 0.1) is 18.6 Å². The van der Waals surface area contributed by atoms with Crippen molar-refractivity contribution in [1.29, 1.82) is 0 Å². The molecule has 3 aromatic rings. The van der Waals surface area contributed by atoms with Crippen molar-refractivity contribution in [2.24, 2.45) is 0 Å². The summed E-state index contributed by atoms with van der Waals surface area (Å²) in [6.45, 7) is 2.63. The Morgan fingerprint density at radius 2 is 2.12 bits per heavy atom. The lowest BCUT2D eigenvalue weighted by Crippen LogP contribution is -2.36. The molecule has 1 aliphatic heterocycles. The number of aryl methyl sites for hydroxylation is 1. The third kappa shape index (κ3) is 5.02. The standard InChI is InChI=1S/C23H21F2N3O3S2/c1-15-20(12-27-33(30,31)18-8-10-32-14-18)19-7-9-28(13-17(19)11-26-15)22(29)6-5-16-3-2-4-21(24)23(16)25/h2-6,8,10-11,14,27H,7,9,12-13H2,1H3/b6-5+. The van der Waals surface area contributed by atoms with Gasteiger partial charge in [-0.25, -0.2) is 21.9 Å². The molecule has 0 spiro atoms. The largest absolute Gasteiger partial charge is 0.334 e. The Kier molecular flexibility index (Phi) is 6.68. The number of carbonyl (C=O) groups excluding carboxylic acids is 1. The Bertz CT molecular complexity index is 1320. The van der Waals surface area contributed by atoms with Gasteiger partial charge in [0, 0.05) is 48.5 Å². The summed E-state index contributed by atoms with van der Waals surface area (Å²) >= 11 is 1.31. The molecule has 4 rings (SSSR count). The number of nitrogens with one attached hydrogen (secondary N) is 1. The van der Waals surface area contributed by atoms with Gasteiger partial charge in [-0.1, -0.05) is 12.1 Å². The van der Waals surface area contributed by atoms with Crippen LogP contribution in [0.5, 0.6) is 0 Å². The molecule has 172 valence electrons. The number of fused-ring (bicyclic) bond motifs is 1. The minimum Gasteiger partial charge on any atom is -0.334 e. The van der Waals surface area contributed by atoms with E-state index in [9.17, 15) is 22.0 Å². The minimum absolute atomic E-state index is 0.00163. The normalized spacial score (nSPS) is 14.0. The van der Waals surface area contributed by atoms with Gasteiger partial charge in [0.1, 0.15) is 0 Å². The fraction of sp³-hybridized carbons (Fsp3) is 0.217. The lowest BCUT2D eigenvalue weighted by molar-refractivity contribution is -0.126. The number of pyridine rings is 1. The lowest BCUT2D eigenvalue weighted by Gasteiger charge is -2.30. The van der Waals surface area contributed by atoms with Crippen molar-refractivity contribution in [3.05, 3.63) is 86.9 Å². The highest BCUT2D eigenvalue weighted by atomic mass is 32.2. The molecule has 2 aromatic heterocycles. The summed E-state index contributed by atoms with van der Waals surface area (Å²) in [4.78, 5) is 18.8. The fourth-order valence-electron chi connectivity index (χ4n) is 3.72. The number of benzene rings is 1. The average molecular weight is 490 g/mol. The molecule has 33 heavy (non-hydrogen) atoms. The van der Waals surface area contributed by atoms with Crippen LogP contribution < -0.4 is 4.72 Å². The molecule has 0 fully saturated rings. The third-order valence-corrected chi connectivity index (χ3v) is 7.77. The van der Waals surface area contributed by atoms with Gasteiger partial charge < -0.3 is 4.90 Å². The van der Waals surface area contributed by atoms with E-state index in [-0.39, 0.29) is 22.9 Å². The van der Waals surface area contributed by atoms with Gasteiger partial charge in [0.15, 0.2) is 11.6 Å². The Labute approximate surface area is 194 Å². The molecule has 1 aromatic carbocycles. The molecule has 6 nitrogen and oxygen atoms in total. The number of hydrogen-bond donors (Lipinski definition) is 1. The number of halogens is 2. The molecule has 1 aliphatic rings. The minimum atomic E-state index is -3.62. The first-order valence-electron chi connectivity index (χ1n) is 10.2. The molecule has 1 N–H and O–H groups in total. The van der Waals surface area contributed by atoms with E-state index in [1.54, 1.807) is 27.9 Å². The highest BCUT2D eigenvalue weighted by Crippen LogP contribution is 2.25. The molecular formula is C23H21F2N3O3S2. The van der Waals surface area contributed by atoms with Gasteiger partial charge in [-0.3, -0.25) is 9.78 Å². The number of hydrogen-bond acceptors (Lipinski definition) is 5. The summed E-state index contributed by atoms with van der Waals surface area (Å²) in [5.41, 5.74) is 3.33. The second-order valence-corrected chi connectivity index (χ2v) is 10.1. The van der Waals surface area contributed by atoms with E-state index in [0.29, 0.717) is 19.5 Å². The number of rotatable bonds is 6. The smallest absolute Gasteiger partial charge is 0.246 e. The zero-order chi connectivity index (χ0) is 23.6. The Balaban J connectivity index is 1.49. The second kappa shape index (κ2) is 9.50. The first-order chi connectivity index (χ1) is 15.8. The van der Waals surface area contributed by atoms with Crippen LogP contribution in [0.25, 0.3) is 6.08 Å². The summed E-state index contributed by atoms with van der Waals surface area (Å²) in [5.74, 6) is -2.30. The lowest BCUT2D eigenvalue weighted by atomic mass is 9.95. The summed E-state index contributed by atoms with van der Waals surface area (Å²) in [6, 6.07) is 5.33. The zero-order valence-corrected chi connectivity index (χ0v) is 19.3. The van der Waals surface area contributed by atoms with E-state index in [2.05, 4.69) is 9.71 Å². The molecule has 0 aliphatic carbocycles. The third-order valence-electron chi connectivity index (χ3n) is 5.54. The quantitative estimate of drug-likeness (QED) is 0.534. The van der Waals surface area contributed by atoms with Crippen LogP contribution in [0.4, 0.5) is 8.78 Å². The van der Waals surface area contributed by atoms with Crippen LogP contribution in [0.3, 0.4) is 0 Å². The second-order valence-electron chi connectivity index (χ2n) is 7.60. The van der Waals surface area contributed by atoms with Crippen molar-refractivity contribution < 1.29 is 22.0 Å². The van der Waals surface area contributed by atoms with Gasteiger partial charge >= 0.3 is 0 Å². The maximum Gasteiger partial charge on any atom is 0.246 e. The van der Waals surface area contributed by atoms with E-state index in [1.807, 2.05) is 6.92 Å². The predicted molar refractivity (Wildman–Crippen MR) is 122 cm³/mol. The van der Waals surface area contributed by atoms with Gasteiger partial charge in [0.2, 0.25) is 15.9 Å². The van der Waals surface area contributed by atoms with Crippen molar-refractivity contribution >= 4 is 33.3 Å². The number of sulfonamides is 1. The molecule has 0 unspecified atom stereocenters. The number of nitrogens with zero attached hydrogens (tertiary/aromatic N) is 2. The van der Waals surface area contributed by atoms with Gasteiger partial charge in [0.25, 0.3) is 0 Å². The van der Waals surface area contributed by atoms with Crippen LogP contribution in [-0.4, -0.2) is 30.8 Å². The first kappa shape index (κ1) is 23.2. The summed E-state index contributed by atoms with van der Waals surface area (Å²) in [5, 5.41) is 3.27. The average Bonchev–Trinajstić information content (AvgIpc) is 3.35. The van der Waals surface area contributed by atoms with Crippen molar-refractivity contribution in [2.45, 2.75) is 31.3 Å².